The highest BCUT2D eigenvalue weighted by atomic mass is 32.1. The van der Waals surface area contributed by atoms with E-state index in [1.807, 2.05) is 24.8 Å². The SMILES string of the molecule is Cc1cccc2c1N1[C@@H](C)c3cnoc3C1(C)C(C)(C)C2(C)C.Cc1cccc2c1N1[C@@H](C)c3cnoc3C1(C)C(C)(C)C2(C)C.Cc1ccccc1N1[C@@H](C)c2cnoc2C12C1CC3CC(C1)CC2C3.Cc1ccccc1N1[C@@H](C)c2cnoc2C12CCCCC2.Cc1ccccc1N1[C@@H](C)c2cnsc2C12CCCC2. The third kappa shape index (κ3) is 9.93. The maximum absolute atomic E-state index is 6.03. The lowest BCUT2D eigenvalue weighted by atomic mass is 9.48. The normalized spacial score (nSPS) is 30.0. The molecule has 23 rings (SSSR count). The number of rotatable bonds is 3. The minimum atomic E-state index is -0.207. The van der Waals surface area contributed by atoms with Crippen molar-refractivity contribution in [3.05, 3.63) is 235 Å². The second kappa shape index (κ2) is 26.3. The molecule has 13 aliphatic rings. The van der Waals surface area contributed by atoms with Crippen molar-refractivity contribution < 1.29 is 18.1 Å². The molecule has 14 nitrogen and oxygen atoms in total. The summed E-state index contributed by atoms with van der Waals surface area (Å²) in [5.74, 6) is 7.76. The number of benzene rings is 5. The molecule has 6 fully saturated rings. The Morgan fingerprint density at radius 3 is 1.15 bits per heavy atom. The van der Waals surface area contributed by atoms with Gasteiger partial charge in [-0.25, -0.2) is 4.37 Å². The van der Waals surface area contributed by atoms with Gasteiger partial charge in [0.05, 0.1) is 65.4 Å². The smallest absolute Gasteiger partial charge is 0.168 e. The number of anilines is 5. The van der Waals surface area contributed by atoms with E-state index < -0.39 is 0 Å². The summed E-state index contributed by atoms with van der Waals surface area (Å²) >= 11 is 1.72. The van der Waals surface area contributed by atoms with Crippen LogP contribution < -0.4 is 24.5 Å². The highest BCUT2D eigenvalue weighted by Crippen LogP contribution is 2.72. The molecule has 4 bridgehead atoms. The summed E-state index contributed by atoms with van der Waals surface area (Å²) in [6.07, 6.45) is 28.3. The van der Waals surface area contributed by atoms with E-state index in [2.05, 4.69) is 303 Å². The van der Waals surface area contributed by atoms with Crippen LogP contribution in [0.3, 0.4) is 0 Å². The van der Waals surface area contributed by atoms with E-state index in [0.29, 0.717) is 18.1 Å². The molecule has 588 valence electrons. The van der Waals surface area contributed by atoms with Gasteiger partial charge in [0.2, 0.25) is 0 Å². The minimum absolute atomic E-state index is 0.0141. The third-order valence-corrected chi connectivity index (χ3v) is 34.0. The van der Waals surface area contributed by atoms with Gasteiger partial charge in [0, 0.05) is 73.3 Å². The first kappa shape index (κ1) is 75.0. The highest BCUT2D eigenvalue weighted by Gasteiger charge is 2.70. The van der Waals surface area contributed by atoms with Gasteiger partial charge in [-0.2, -0.15) is 0 Å². The average molecular weight is 1520 g/mol. The molecular weight excluding hydrogens is 1400 g/mol. The number of aryl methyl sites for hydroxylation is 5. The lowest BCUT2D eigenvalue weighted by Gasteiger charge is -2.62. The fourth-order valence-electron chi connectivity index (χ4n) is 25.9. The lowest BCUT2D eigenvalue weighted by molar-refractivity contribution is -0.0703. The molecule has 0 N–H and O–H groups in total. The number of para-hydroxylation sites is 5. The Morgan fingerprint density at radius 1 is 0.348 bits per heavy atom. The van der Waals surface area contributed by atoms with Crippen molar-refractivity contribution in [2.75, 3.05) is 24.5 Å². The van der Waals surface area contributed by atoms with Crippen molar-refractivity contribution >= 4 is 40.0 Å². The van der Waals surface area contributed by atoms with Gasteiger partial charge < -0.3 is 42.6 Å². The summed E-state index contributed by atoms with van der Waals surface area (Å²) in [6, 6.07) is 41.6. The lowest BCUT2D eigenvalue weighted by Crippen LogP contribution is -2.62. The number of aromatic nitrogens is 5. The van der Waals surface area contributed by atoms with Crippen molar-refractivity contribution in [2.45, 2.75) is 297 Å². The standard InChI is InChI=1S/C22H26N2O.2C20H26N2O.C18H22N2O.C17H20N2S/c1-13-5-3-4-6-20(13)24-14(2)19-12-23-25-21(19)22(24)17-8-15-7-16(10-17)11-18(22)9-15;2*1-12-9-8-10-15-16(12)22-13(2)14-11-21-23-17(14)20(22,7)19(5,6)18(15,3)4;1-13-8-4-5-9-16(13)20-14(2)15-12-19-21-17(15)18(20)10-6-3-7-11-18;1-12-7-3-4-8-15(12)19-13(2)14-11-18-20-16(14)17(19)9-5-6-10-17/h3-6,12,14-18H,7-11H2,1-2H3;2*8-11,13H,1-7H3;4-5,8-9,12,14H,3,6-7,10-11H2,1-2H3;3-4,7-8,11,13H,5-6,9-10H2,1-2H3/t14-,15?,16?,17?,18?,22?;2*13-,20?;14-;13-/m00000/s1. The molecular formula is C97H120N10O4S. The summed E-state index contributed by atoms with van der Waals surface area (Å²) < 4.78 is 27.9. The number of fused-ring (bicyclic) bond motifs is 15. The van der Waals surface area contributed by atoms with Gasteiger partial charge in [-0.3, -0.25) is 0 Å². The monoisotopic (exact) mass is 1520 g/mol. The summed E-state index contributed by atoms with van der Waals surface area (Å²) in [4.78, 5) is 14.8. The van der Waals surface area contributed by atoms with Crippen molar-refractivity contribution in [1.82, 2.24) is 25.0 Å². The maximum atomic E-state index is 6.03. The Hall–Kier alpha value is -8.43. The van der Waals surface area contributed by atoms with Gasteiger partial charge in [0.1, 0.15) is 22.2 Å². The summed E-state index contributed by atoms with van der Waals surface area (Å²) in [5, 5.41) is 16.6. The van der Waals surface area contributed by atoms with Crippen LogP contribution in [-0.4, -0.2) is 25.0 Å². The molecule has 5 aromatic heterocycles. The molecule has 3 spiro atoms. The molecule has 12 heterocycles. The summed E-state index contributed by atoms with van der Waals surface area (Å²) in [7, 11) is 0. The van der Waals surface area contributed by atoms with E-state index in [1.54, 1.807) is 11.5 Å². The topological polar surface area (TPSA) is 133 Å². The van der Waals surface area contributed by atoms with E-state index in [4.69, 9.17) is 18.1 Å². The Kier molecular flexibility index (Phi) is 17.6. The zero-order valence-corrected chi connectivity index (χ0v) is 71.2. The first-order chi connectivity index (χ1) is 53.5. The van der Waals surface area contributed by atoms with Crippen molar-refractivity contribution in [3.63, 3.8) is 0 Å². The van der Waals surface area contributed by atoms with Gasteiger partial charge >= 0.3 is 0 Å². The minimum Gasteiger partial charge on any atom is -0.358 e. The van der Waals surface area contributed by atoms with Gasteiger partial charge in [-0.15, -0.1) is 0 Å². The molecule has 112 heavy (non-hydrogen) atoms. The molecule has 6 saturated carbocycles. The van der Waals surface area contributed by atoms with Crippen LogP contribution in [0.25, 0.3) is 0 Å². The second-order valence-electron chi connectivity index (χ2n) is 38.7. The first-order valence-corrected chi connectivity index (χ1v) is 43.3. The average Bonchev–Trinajstić information content (AvgIpc) is 1.45. The van der Waals surface area contributed by atoms with E-state index >= 15 is 0 Å². The van der Waals surface area contributed by atoms with Crippen molar-refractivity contribution in [2.24, 2.45) is 34.5 Å². The molecule has 7 aliphatic heterocycles. The largest absolute Gasteiger partial charge is 0.358 e. The Labute approximate surface area is 670 Å². The summed E-state index contributed by atoms with van der Waals surface area (Å²) in [5.41, 5.74) is 23.0. The zero-order valence-electron chi connectivity index (χ0n) is 70.4. The molecule has 0 radical (unpaired) electrons. The van der Waals surface area contributed by atoms with Crippen LogP contribution in [0.5, 0.6) is 0 Å². The number of hydrogen-bond acceptors (Lipinski definition) is 15. The predicted octanol–water partition coefficient (Wildman–Crippen LogP) is 24.9. The van der Waals surface area contributed by atoms with Crippen LogP contribution in [0, 0.1) is 69.1 Å². The van der Waals surface area contributed by atoms with E-state index in [1.165, 1.54) is 196 Å². The van der Waals surface area contributed by atoms with Crippen molar-refractivity contribution in [1.29, 1.82) is 0 Å². The van der Waals surface area contributed by atoms with Crippen molar-refractivity contribution in [3.8, 4) is 0 Å². The molecule has 0 amide bonds. The molecule has 6 aliphatic carbocycles. The van der Waals surface area contributed by atoms with Gasteiger partial charge in [-0.05, 0) is 244 Å². The molecule has 10 aromatic rings. The Bertz CT molecular complexity index is 5060. The van der Waals surface area contributed by atoms with Crippen LogP contribution in [0.1, 0.15) is 319 Å². The van der Waals surface area contributed by atoms with E-state index in [-0.39, 0.29) is 61.4 Å². The first-order valence-electron chi connectivity index (χ1n) is 42.6. The van der Waals surface area contributed by atoms with E-state index in [0.717, 1.165) is 41.0 Å². The Morgan fingerprint density at radius 2 is 0.696 bits per heavy atom. The molecule has 2 unspecified atom stereocenters. The van der Waals surface area contributed by atoms with Crippen LogP contribution in [-0.2, 0) is 38.5 Å². The number of nitrogens with zero attached hydrogens (tertiary/aromatic N) is 10. The summed E-state index contributed by atoms with van der Waals surface area (Å²) in [6.45, 7) is 46.3. The zero-order chi connectivity index (χ0) is 78.5. The maximum Gasteiger partial charge on any atom is 0.168 e. The van der Waals surface area contributed by atoms with Crippen LogP contribution in [0.4, 0.5) is 28.4 Å². The predicted molar refractivity (Wildman–Crippen MR) is 450 cm³/mol. The molecule has 15 heteroatoms. The van der Waals surface area contributed by atoms with Crippen LogP contribution >= 0.6 is 11.5 Å². The quantitative estimate of drug-likeness (QED) is 0.166. The molecule has 0 saturated heterocycles. The molecule has 5 aromatic carbocycles. The van der Waals surface area contributed by atoms with Crippen LogP contribution in [0.15, 0.2) is 158 Å². The Balaban J connectivity index is 0.0000000980. The van der Waals surface area contributed by atoms with Crippen LogP contribution in [0.2, 0.25) is 0 Å². The third-order valence-electron chi connectivity index (χ3n) is 33.0. The van der Waals surface area contributed by atoms with Gasteiger partial charge in [-0.1, -0.05) is 199 Å². The van der Waals surface area contributed by atoms with Gasteiger partial charge in [0.25, 0.3) is 0 Å². The fourth-order valence-corrected chi connectivity index (χ4v) is 27.0. The second-order valence-corrected chi connectivity index (χ2v) is 39.5. The van der Waals surface area contributed by atoms with E-state index in [9.17, 15) is 0 Å². The molecule has 7 atom stereocenters. The van der Waals surface area contributed by atoms with Gasteiger partial charge in [0.15, 0.2) is 23.0 Å². The highest BCUT2D eigenvalue weighted by molar-refractivity contribution is 7.06. The fraction of sp³-hybridized carbons (Fsp3) is 0.536. The number of hydrogen-bond donors (Lipinski definition) is 0.